The fourth-order valence-corrected chi connectivity index (χ4v) is 2.25. The lowest BCUT2D eigenvalue weighted by Crippen LogP contribution is -2.08. The van der Waals surface area contributed by atoms with Crippen LogP contribution in [-0.2, 0) is 0 Å². The molecule has 0 aliphatic carbocycles. The molecule has 0 bridgehead atoms. The van der Waals surface area contributed by atoms with E-state index in [2.05, 4.69) is 32.1 Å². The Labute approximate surface area is 117 Å². The van der Waals surface area contributed by atoms with Crippen molar-refractivity contribution in [3.63, 3.8) is 0 Å². The Morgan fingerprint density at radius 1 is 1.40 bits per heavy atom. The van der Waals surface area contributed by atoms with Crippen LogP contribution >= 0.6 is 11.3 Å². The summed E-state index contributed by atoms with van der Waals surface area (Å²) in [7, 11) is 0. The number of rotatable bonds is 1. The first kappa shape index (κ1) is 12.2. The monoisotopic (exact) mass is 284 g/mol. The maximum atomic E-state index is 10.6. The average molecular weight is 284 g/mol. The summed E-state index contributed by atoms with van der Waals surface area (Å²) in [6.45, 7) is 0. The second-order valence-corrected chi connectivity index (χ2v) is 4.70. The number of nitrogens with one attached hydrogen (secondary N) is 2. The van der Waals surface area contributed by atoms with E-state index in [4.69, 9.17) is 5.11 Å². The van der Waals surface area contributed by atoms with Gasteiger partial charge in [-0.25, -0.2) is 14.8 Å². The van der Waals surface area contributed by atoms with E-state index in [-0.39, 0.29) is 5.82 Å². The van der Waals surface area contributed by atoms with Crippen LogP contribution in [0.5, 0.6) is 0 Å². The highest BCUT2D eigenvalue weighted by atomic mass is 32.1. The number of hydrogen-bond acceptors (Lipinski definition) is 4. The van der Waals surface area contributed by atoms with Crippen LogP contribution in [0.4, 0.5) is 10.6 Å². The molecule has 0 saturated heterocycles. The highest BCUT2D eigenvalue weighted by Crippen LogP contribution is 2.17. The second kappa shape index (κ2) is 5.03. The molecule has 3 rings (SSSR count). The van der Waals surface area contributed by atoms with Crippen LogP contribution in [-0.4, -0.2) is 26.2 Å². The van der Waals surface area contributed by atoms with Gasteiger partial charge >= 0.3 is 6.09 Å². The molecule has 98 valence electrons. The highest BCUT2D eigenvalue weighted by Gasteiger charge is 2.06. The van der Waals surface area contributed by atoms with Gasteiger partial charge < -0.3 is 10.1 Å². The number of fused-ring (bicyclic) bond motifs is 1. The first-order chi connectivity index (χ1) is 9.72. The minimum absolute atomic E-state index is 0.255. The number of thiazole rings is 1. The Kier molecular flexibility index (Phi) is 3.07. The number of anilines is 1. The van der Waals surface area contributed by atoms with Crippen molar-refractivity contribution in [2.24, 2.45) is 0 Å². The predicted octanol–water partition coefficient (Wildman–Crippen LogP) is 2.51. The van der Waals surface area contributed by atoms with Crippen LogP contribution < -0.4 is 5.32 Å². The van der Waals surface area contributed by atoms with E-state index in [9.17, 15) is 4.79 Å². The van der Waals surface area contributed by atoms with Crippen LogP contribution in [0.15, 0.2) is 30.0 Å². The molecule has 0 atom stereocenters. The maximum absolute atomic E-state index is 10.6. The van der Waals surface area contributed by atoms with Gasteiger partial charge in [-0.3, -0.25) is 5.32 Å². The smallest absolute Gasteiger partial charge is 0.410 e. The van der Waals surface area contributed by atoms with Crippen molar-refractivity contribution >= 4 is 34.3 Å². The molecule has 0 aliphatic heterocycles. The van der Waals surface area contributed by atoms with Crippen molar-refractivity contribution in [2.75, 3.05) is 5.32 Å². The fourth-order valence-electron chi connectivity index (χ4n) is 1.66. The first-order valence-electron chi connectivity index (χ1n) is 5.61. The summed E-state index contributed by atoms with van der Waals surface area (Å²) in [6, 6.07) is 3.83. The second-order valence-electron chi connectivity index (χ2n) is 3.85. The molecular formula is C13H8N4O2S. The summed E-state index contributed by atoms with van der Waals surface area (Å²) in [5, 5.41) is 11.9. The Morgan fingerprint density at radius 2 is 2.30 bits per heavy atom. The predicted molar refractivity (Wildman–Crippen MR) is 75.8 cm³/mol. The minimum Gasteiger partial charge on any atom is -0.465 e. The number of pyridine rings is 1. The molecule has 0 radical (unpaired) electrons. The maximum Gasteiger partial charge on any atom is 0.410 e. The molecule has 0 fully saturated rings. The normalized spacial score (nSPS) is 10.0. The third-order valence-corrected chi connectivity index (χ3v) is 3.26. The third kappa shape index (κ3) is 2.46. The van der Waals surface area contributed by atoms with Gasteiger partial charge in [-0.1, -0.05) is 5.92 Å². The van der Waals surface area contributed by atoms with E-state index in [0.717, 1.165) is 16.6 Å². The molecule has 6 nitrogen and oxygen atoms in total. The van der Waals surface area contributed by atoms with Crippen LogP contribution in [0.3, 0.4) is 0 Å². The summed E-state index contributed by atoms with van der Waals surface area (Å²) in [5.41, 5.74) is 3.11. The molecule has 0 spiro atoms. The number of hydrogen-bond donors (Lipinski definition) is 3. The van der Waals surface area contributed by atoms with Crippen molar-refractivity contribution in [2.45, 2.75) is 0 Å². The summed E-state index contributed by atoms with van der Waals surface area (Å²) in [4.78, 5) is 22.3. The van der Waals surface area contributed by atoms with Crippen molar-refractivity contribution < 1.29 is 9.90 Å². The van der Waals surface area contributed by atoms with Gasteiger partial charge in [0.2, 0.25) is 0 Å². The third-order valence-electron chi connectivity index (χ3n) is 2.51. The molecule has 0 aliphatic rings. The molecular weight excluding hydrogens is 276 g/mol. The SMILES string of the molecule is O=C(O)Nc1ncsc1C#Cc1cnc2[nH]ccc2c1. The molecule has 3 N–H and O–H groups in total. The van der Waals surface area contributed by atoms with Gasteiger partial charge in [-0.2, -0.15) is 0 Å². The van der Waals surface area contributed by atoms with Crippen molar-refractivity contribution in [1.82, 2.24) is 15.0 Å². The van der Waals surface area contributed by atoms with Gasteiger partial charge in [-0.15, -0.1) is 11.3 Å². The van der Waals surface area contributed by atoms with Gasteiger partial charge in [0.25, 0.3) is 0 Å². The Morgan fingerprint density at radius 3 is 3.15 bits per heavy atom. The summed E-state index contributed by atoms with van der Waals surface area (Å²) < 4.78 is 0. The molecule has 0 aromatic carbocycles. The van der Waals surface area contributed by atoms with E-state index in [1.165, 1.54) is 11.3 Å². The van der Waals surface area contributed by atoms with Gasteiger partial charge in [-0.05, 0) is 18.1 Å². The largest absolute Gasteiger partial charge is 0.465 e. The number of aromatic nitrogens is 3. The van der Waals surface area contributed by atoms with Crippen molar-refractivity contribution in [3.8, 4) is 11.8 Å². The van der Waals surface area contributed by atoms with Gasteiger partial charge in [0.15, 0.2) is 5.82 Å². The Balaban J connectivity index is 1.91. The Hall–Kier alpha value is -2.85. The van der Waals surface area contributed by atoms with Crippen LogP contribution in [0.2, 0.25) is 0 Å². The summed E-state index contributed by atoms with van der Waals surface area (Å²) >= 11 is 1.28. The average Bonchev–Trinajstić information content (AvgIpc) is 3.03. The fraction of sp³-hybridized carbons (Fsp3) is 0. The van der Waals surface area contributed by atoms with E-state index in [0.29, 0.717) is 4.88 Å². The zero-order chi connectivity index (χ0) is 13.9. The molecule has 0 saturated carbocycles. The number of nitrogens with zero attached hydrogens (tertiary/aromatic N) is 2. The van der Waals surface area contributed by atoms with Gasteiger partial charge in [0.1, 0.15) is 10.5 Å². The lowest BCUT2D eigenvalue weighted by Gasteiger charge is -1.94. The molecule has 3 aromatic rings. The number of carboxylic acid groups (broad SMARTS) is 1. The number of H-pyrrole nitrogens is 1. The zero-order valence-electron chi connectivity index (χ0n) is 10.0. The van der Waals surface area contributed by atoms with E-state index in [1.54, 1.807) is 11.7 Å². The van der Waals surface area contributed by atoms with Gasteiger partial charge in [0, 0.05) is 23.3 Å². The van der Waals surface area contributed by atoms with E-state index in [1.807, 2.05) is 18.3 Å². The quantitative estimate of drug-likeness (QED) is 0.599. The van der Waals surface area contributed by atoms with Crippen LogP contribution in [0.25, 0.3) is 11.0 Å². The minimum atomic E-state index is -1.16. The topological polar surface area (TPSA) is 90.9 Å². The molecule has 1 amide bonds. The molecule has 20 heavy (non-hydrogen) atoms. The number of carbonyl (C=O) groups is 1. The van der Waals surface area contributed by atoms with E-state index < -0.39 is 6.09 Å². The summed E-state index contributed by atoms with van der Waals surface area (Å²) in [6.07, 6.45) is 2.32. The van der Waals surface area contributed by atoms with Crippen LogP contribution in [0, 0.1) is 11.8 Å². The van der Waals surface area contributed by atoms with Crippen molar-refractivity contribution in [3.05, 3.63) is 40.5 Å². The summed E-state index contributed by atoms with van der Waals surface area (Å²) in [5.74, 6) is 6.11. The first-order valence-corrected chi connectivity index (χ1v) is 6.49. The number of amides is 1. The molecule has 0 unspecified atom stereocenters. The number of aromatic amines is 1. The lowest BCUT2D eigenvalue weighted by atomic mass is 10.2. The van der Waals surface area contributed by atoms with Gasteiger partial charge in [0.05, 0.1) is 5.51 Å². The van der Waals surface area contributed by atoms with E-state index >= 15 is 0 Å². The zero-order valence-corrected chi connectivity index (χ0v) is 10.9. The van der Waals surface area contributed by atoms with Crippen molar-refractivity contribution in [1.29, 1.82) is 0 Å². The lowest BCUT2D eigenvalue weighted by molar-refractivity contribution is 0.209. The molecule has 3 heterocycles. The standard InChI is InChI=1S/C13H8N4O2S/c18-13(19)17-12-10(20-7-16-12)2-1-8-5-9-3-4-14-11(9)15-6-8/h3-7,17H,(H,14,15)(H,18,19). The highest BCUT2D eigenvalue weighted by molar-refractivity contribution is 7.10. The Bertz CT molecular complexity index is 841. The van der Waals surface area contributed by atoms with Crippen LogP contribution in [0.1, 0.15) is 10.4 Å². The molecule has 3 aromatic heterocycles. The molecule has 7 heteroatoms.